The monoisotopic (exact) mass is 278 g/mol. The molecule has 0 bridgehead atoms. The molecule has 0 aromatic heterocycles. The number of rotatable bonds is 3. The van der Waals surface area contributed by atoms with E-state index in [0.717, 1.165) is 12.5 Å². The Morgan fingerprint density at radius 2 is 1.85 bits per heavy atom. The molecule has 1 heterocycles. The normalized spacial score (nSPS) is 33.1. The number of carbonyl (C=O) groups is 2. The summed E-state index contributed by atoms with van der Waals surface area (Å²) in [6, 6.07) is -0.710. The lowest BCUT2D eigenvalue weighted by Crippen LogP contribution is -2.66. The van der Waals surface area contributed by atoms with Gasteiger partial charge >= 0.3 is 0 Å². The first kappa shape index (κ1) is 13.9. The summed E-state index contributed by atoms with van der Waals surface area (Å²) >= 11 is 0. The average Bonchev–Trinajstić information content (AvgIpc) is 3.20. The van der Waals surface area contributed by atoms with E-state index in [4.69, 9.17) is 0 Å². The molecule has 4 nitrogen and oxygen atoms in total. The summed E-state index contributed by atoms with van der Waals surface area (Å²) in [5.74, 6) is 0.910. The van der Waals surface area contributed by atoms with Gasteiger partial charge in [0.1, 0.15) is 12.1 Å². The van der Waals surface area contributed by atoms with Crippen LogP contribution in [-0.2, 0) is 9.59 Å². The van der Waals surface area contributed by atoms with Crippen molar-refractivity contribution in [2.24, 2.45) is 16.7 Å². The minimum atomic E-state index is -0.388. The maximum atomic E-state index is 12.8. The first-order valence-corrected chi connectivity index (χ1v) is 7.85. The van der Waals surface area contributed by atoms with Crippen molar-refractivity contribution in [3.63, 3.8) is 0 Å². The third-order valence-corrected chi connectivity index (χ3v) is 5.35. The van der Waals surface area contributed by atoms with Gasteiger partial charge in [-0.25, -0.2) is 0 Å². The Labute approximate surface area is 121 Å². The highest BCUT2D eigenvalue weighted by atomic mass is 16.2. The van der Waals surface area contributed by atoms with Crippen LogP contribution in [0.25, 0.3) is 0 Å². The SMILES string of the molecule is CC1C(=O)NC(C(C)(C)C)C(=O)N1CC1(C2CC2)CC1. The fraction of sp³-hybridized carbons (Fsp3) is 0.875. The molecular weight excluding hydrogens is 252 g/mol. The van der Waals surface area contributed by atoms with E-state index in [1.54, 1.807) is 0 Å². The number of piperazine rings is 1. The van der Waals surface area contributed by atoms with Crippen molar-refractivity contribution in [3.05, 3.63) is 0 Å². The number of hydrogen-bond donors (Lipinski definition) is 1. The van der Waals surface area contributed by atoms with Gasteiger partial charge < -0.3 is 10.2 Å². The van der Waals surface area contributed by atoms with E-state index >= 15 is 0 Å². The molecular formula is C16H26N2O2. The maximum Gasteiger partial charge on any atom is 0.246 e. The first-order chi connectivity index (χ1) is 9.24. The third kappa shape index (κ3) is 2.23. The van der Waals surface area contributed by atoms with Gasteiger partial charge in [-0.1, -0.05) is 20.8 Å². The highest BCUT2D eigenvalue weighted by molar-refractivity contribution is 5.97. The van der Waals surface area contributed by atoms with Gasteiger partial charge in [-0.3, -0.25) is 9.59 Å². The smallest absolute Gasteiger partial charge is 0.246 e. The largest absolute Gasteiger partial charge is 0.342 e. The van der Waals surface area contributed by atoms with Gasteiger partial charge in [0.25, 0.3) is 0 Å². The lowest BCUT2D eigenvalue weighted by atomic mass is 9.83. The van der Waals surface area contributed by atoms with Crippen LogP contribution in [0.15, 0.2) is 0 Å². The van der Waals surface area contributed by atoms with Crippen molar-refractivity contribution in [2.45, 2.75) is 65.5 Å². The molecule has 2 atom stereocenters. The molecule has 0 aromatic carbocycles. The molecule has 1 N–H and O–H groups in total. The predicted octanol–water partition coefficient (Wildman–Crippen LogP) is 1.94. The Morgan fingerprint density at radius 1 is 1.25 bits per heavy atom. The second-order valence-electron chi connectivity index (χ2n) is 8.09. The highest BCUT2D eigenvalue weighted by Crippen LogP contribution is 2.61. The molecule has 2 amide bonds. The average molecular weight is 278 g/mol. The Hall–Kier alpha value is -1.06. The third-order valence-electron chi connectivity index (χ3n) is 5.35. The molecule has 0 spiro atoms. The lowest BCUT2D eigenvalue weighted by Gasteiger charge is -2.43. The molecule has 1 aliphatic heterocycles. The van der Waals surface area contributed by atoms with Crippen LogP contribution < -0.4 is 5.32 Å². The summed E-state index contributed by atoms with van der Waals surface area (Å²) in [5.41, 5.74) is 0.116. The highest BCUT2D eigenvalue weighted by Gasteiger charge is 2.56. The Bertz CT molecular complexity index is 444. The topological polar surface area (TPSA) is 49.4 Å². The summed E-state index contributed by atoms with van der Waals surface area (Å²) in [7, 11) is 0. The van der Waals surface area contributed by atoms with E-state index in [0.29, 0.717) is 5.41 Å². The molecule has 1 saturated heterocycles. The number of hydrogen-bond acceptors (Lipinski definition) is 2. The van der Waals surface area contributed by atoms with Gasteiger partial charge in [0.15, 0.2) is 0 Å². The molecule has 0 aromatic rings. The molecule has 2 aliphatic carbocycles. The zero-order chi connectivity index (χ0) is 14.7. The van der Waals surface area contributed by atoms with Crippen LogP contribution in [0.3, 0.4) is 0 Å². The predicted molar refractivity (Wildman–Crippen MR) is 77.0 cm³/mol. The summed E-state index contributed by atoms with van der Waals surface area (Å²) in [4.78, 5) is 26.8. The Morgan fingerprint density at radius 3 is 2.30 bits per heavy atom. The van der Waals surface area contributed by atoms with Crippen LogP contribution in [-0.4, -0.2) is 35.3 Å². The molecule has 3 rings (SSSR count). The van der Waals surface area contributed by atoms with Gasteiger partial charge in [-0.2, -0.15) is 0 Å². The van der Waals surface area contributed by atoms with Crippen molar-refractivity contribution in [2.75, 3.05) is 6.54 Å². The zero-order valence-electron chi connectivity index (χ0n) is 13.0. The Kier molecular flexibility index (Phi) is 2.93. The second kappa shape index (κ2) is 4.22. The number of nitrogens with zero attached hydrogens (tertiary/aromatic N) is 1. The van der Waals surface area contributed by atoms with Crippen molar-refractivity contribution in [1.29, 1.82) is 0 Å². The number of amides is 2. The van der Waals surface area contributed by atoms with Crippen LogP contribution in [0.1, 0.15) is 53.4 Å². The fourth-order valence-electron chi connectivity index (χ4n) is 3.52. The zero-order valence-corrected chi connectivity index (χ0v) is 13.0. The summed E-state index contributed by atoms with van der Waals surface area (Å²) in [6.07, 6.45) is 5.09. The molecule has 3 aliphatic rings. The van der Waals surface area contributed by atoms with Crippen molar-refractivity contribution >= 4 is 11.8 Å². The van der Waals surface area contributed by atoms with Crippen molar-refractivity contribution in [3.8, 4) is 0 Å². The van der Waals surface area contributed by atoms with Gasteiger partial charge in [-0.15, -0.1) is 0 Å². The van der Waals surface area contributed by atoms with Crippen molar-refractivity contribution < 1.29 is 9.59 Å². The van der Waals surface area contributed by atoms with Crippen LogP contribution in [0, 0.1) is 16.7 Å². The van der Waals surface area contributed by atoms with E-state index < -0.39 is 0 Å². The van der Waals surface area contributed by atoms with Gasteiger partial charge in [0, 0.05) is 6.54 Å². The van der Waals surface area contributed by atoms with Crippen molar-refractivity contribution in [1.82, 2.24) is 10.2 Å². The van der Waals surface area contributed by atoms with Crippen LogP contribution in [0.4, 0.5) is 0 Å². The minimum absolute atomic E-state index is 0.00359. The fourth-order valence-corrected chi connectivity index (χ4v) is 3.52. The molecule has 112 valence electrons. The molecule has 2 unspecified atom stereocenters. The summed E-state index contributed by atoms with van der Waals surface area (Å²) in [5, 5.41) is 2.91. The summed E-state index contributed by atoms with van der Waals surface area (Å²) in [6.45, 7) is 8.68. The lowest BCUT2D eigenvalue weighted by molar-refractivity contribution is -0.152. The molecule has 3 fully saturated rings. The van der Waals surface area contributed by atoms with E-state index in [-0.39, 0.29) is 29.3 Å². The molecule has 4 heteroatoms. The standard InChI is InChI=1S/C16H26N2O2/c1-10-13(19)17-12(15(2,3)4)14(20)18(10)9-16(7-8-16)11-5-6-11/h10-12H,5-9H2,1-4H3,(H,17,19). The summed E-state index contributed by atoms with van der Waals surface area (Å²) < 4.78 is 0. The van der Waals surface area contributed by atoms with Crippen LogP contribution >= 0.6 is 0 Å². The maximum absolute atomic E-state index is 12.8. The van der Waals surface area contributed by atoms with E-state index in [9.17, 15) is 9.59 Å². The molecule has 20 heavy (non-hydrogen) atoms. The quantitative estimate of drug-likeness (QED) is 0.857. The van der Waals surface area contributed by atoms with Gasteiger partial charge in [0.2, 0.25) is 11.8 Å². The van der Waals surface area contributed by atoms with E-state index in [1.165, 1.54) is 25.7 Å². The van der Waals surface area contributed by atoms with E-state index in [1.807, 2.05) is 32.6 Å². The van der Waals surface area contributed by atoms with Gasteiger partial charge in [0.05, 0.1) is 0 Å². The Balaban J connectivity index is 1.80. The van der Waals surface area contributed by atoms with Crippen LogP contribution in [0.2, 0.25) is 0 Å². The molecule has 2 saturated carbocycles. The first-order valence-electron chi connectivity index (χ1n) is 7.85. The second-order valence-corrected chi connectivity index (χ2v) is 8.09. The number of carbonyl (C=O) groups excluding carboxylic acids is 2. The van der Waals surface area contributed by atoms with Gasteiger partial charge in [-0.05, 0) is 49.4 Å². The number of nitrogens with one attached hydrogen (secondary N) is 1. The molecule has 0 radical (unpaired) electrons. The minimum Gasteiger partial charge on any atom is -0.342 e. The van der Waals surface area contributed by atoms with E-state index in [2.05, 4.69) is 5.32 Å². The van der Waals surface area contributed by atoms with Crippen LogP contribution in [0.5, 0.6) is 0 Å².